The Morgan fingerprint density at radius 3 is 2.92 bits per heavy atom. The number of hydrogen-bond donors (Lipinski definition) is 2. The summed E-state index contributed by atoms with van der Waals surface area (Å²) in [5.41, 5.74) is 0. The molecule has 70 valence electrons. The summed E-state index contributed by atoms with van der Waals surface area (Å²) in [4.78, 5) is 22.9. The summed E-state index contributed by atoms with van der Waals surface area (Å²) >= 11 is 4.96. The highest BCUT2D eigenvalue weighted by Gasteiger charge is 2.39. The summed E-state index contributed by atoms with van der Waals surface area (Å²) in [5, 5.41) is 5.19. The molecule has 13 heavy (non-hydrogen) atoms. The van der Waals surface area contributed by atoms with Crippen molar-refractivity contribution in [1.29, 1.82) is 0 Å². The molecule has 0 aromatic carbocycles. The molecular weight excluding hydrogens is 188 g/mol. The largest absolute Gasteiger partial charge is 0.334 e. The zero-order valence-corrected chi connectivity index (χ0v) is 7.82. The van der Waals surface area contributed by atoms with Crippen LogP contribution in [0, 0.1) is 5.92 Å². The number of hydrogen-bond acceptors (Lipinski definition) is 3. The monoisotopic (exact) mass is 198 g/mol. The maximum atomic E-state index is 11.5. The van der Waals surface area contributed by atoms with E-state index >= 15 is 0 Å². The van der Waals surface area contributed by atoms with E-state index in [-0.39, 0.29) is 23.8 Å². The van der Waals surface area contributed by atoms with E-state index < -0.39 is 0 Å². The lowest BCUT2D eigenvalue weighted by molar-refractivity contribution is -0.123. The summed E-state index contributed by atoms with van der Waals surface area (Å²) < 4.78 is 0. The molecule has 2 N–H and O–H groups in total. The highest BCUT2D eigenvalue weighted by atomic mass is 32.1. The Hall–Kier alpha value is -0.970. The molecule has 0 radical (unpaired) electrons. The van der Waals surface area contributed by atoms with Gasteiger partial charge >= 0.3 is 6.03 Å². The second kappa shape index (κ2) is 3.06. The van der Waals surface area contributed by atoms with Gasteiger partial charge in [-0.05, 0) is 12.8 Å². The van der Waals surface area contributed by atoms with Crippen LogP contribution in [0.3, 0.4) is 0 Å². The molecule has 1 saturated heterocycles. The molecule has 0 aromatic heterocycles. The minimum absolute atomic E-state index is 0.0671. The van der Waals surface area contributed by atoms with Gasteiger partial charge < -0.3 is 10.6 Å². The number of rotatable bonds is 0. The molecule has 1 saturated carbocycles. The van der Waals surface area contributed by atoms with Crippen LogP contribution in [0.5, 0.6) is 0 Å². The zero-order chi connectivity index (χ0) is 9.42. The first-order valence-corrected chi connectivity index (χ1v) is 4.73. The minimum Gasteiger partial charge on any atom is -0.334 e. The Labute approximate surface area is 81.1 Å². The second-order valence-electron chi connectivity index (χ2n) is 3.41. The van der Waals surface area contributed by atoms with E-state index in [4.69, 9.17) is 12.2 Å². The quantitative estimate of drug-likeness (QED) is 0.553. The van der Waals surface area contributed by atoms with Crippen LogP contribution in [-0.4, -0.2) is 22.8 Å². The summed E-state index contributed by atoms with van der Waals surface area (Å²) in [6.07, 6.45) is 2.28. The van der Waals surface area contributed by atoms with E-state index in [1.54, 1.807) is 0 Å². The summed E-state index contributed by atoms with van der Waals surface area (Å²) in [7, 11) is 0. The van der Waals surface area contributed by atoms with E-state index in [1.807, 2.05) is 0 Å². The van der Waals surface area contributed by atoms with Crippen LogP contribution in [0.2, 0.25) is 0 Å². The van der Waals surface area contributed by atoms with Gasteiger partial charge in [-0.2, -0.15) is 0 Å². The van der Waals surface area contributed by atoms with Crippen molar-refractivity contribution in [3.8, 4) is 0 Å². The van der Waals surface area contributed by atoms with E-state index in [9.17, 15) is 9.59 Å². The number of carbonyl (C=O) groups is 2. The maximum absolute atomic E-state index is 11.5. The molecule has 2 amide bonds. The average molecular weight is 198 g/mol. The first-order valence-electron chi connectivity index (χ1n) is 4.32. The van der Waals surface area contributed by atoms with Crippen molar-refractivity contribution in [2.45, 2.75) is 25.3 Å². The molecule has 2 aliphatic rings. The van der Waals surface area contributed by atoms with Gasteiger partial charge in [0.05, 0.1) is 10.9 Å². The van der Waals surface area contributed by atoms with Gasteiger partial charge in [0, 0.05) is 12.5 Å². The van der Waals surface area contributed by atoms with Crippen molar-refractivity contribution in [1.82, 2.24) is 10.6 Å². The number of thiocarbonyl (C=S) groups is 1. The lowest BCUT2D eigenvalue weighted by Crippen LogP contribution is -2.60. The van der Waals surface area contributed by atoms with E-state index in [0.29, 0.717) is 11.4 Å². The predicted molar refractivity (Wildman–Crippen MR) is 50.4 cm³/mol. The van der Waals surface area contributed by atoms with Crippen LogP contribution in [0.25, 0.3) is 0 Å². The van der Waals surface area contributed by atoms with Crippen molar-refractivity contribution in [3.05, 3.63) is 0 Å². The highest BCUT2D eigenvalue weighted by molar-refractivity contribution is 7.80. The van der Waals surface area contributed by atoms with Crippen LogP contribution >= 0.6 is 12.2 Å². The average Bonchev–Trinajstić information content (AvgIpc) is 2.02. The highest BCUT2D eigenvalue weighted by Crippen LogP contribution is 2.24. The van der Waals surface area contributed by atoms with Gasteiger partial charge in [-0.3, -0.25) is 4.79 Å². The Bertz CT molecular complexity index is 290. The van der Waals surface area contributed by atoms with Crippen LogP contribution < -0.4 is 10.6 Å². The van der Waals surface area contributed by atoms with Gasteiger partial charge in [0.1, 0.15) is 5.78 Å². The van der Waals surface area contributed by atoms with Gasteiger partial charge in [0.15, 0.2) is 0 Å². The van der Waals surface area contributed by atoms with E-state index in [1.165, 1.54) is 0 Å². The minimum atomic E-state index is -0.277. The molecule has 2 atom stereocenters. The number of carbonyl (C=O) groups excluding carboxylic acids is 2. The Morgan fingerprint density at radius 2 is 2.15 bits per heavy atom. The van der Waals surface area contributed by atoms with Crippen molar-refractivity contribution >= 4 is 29.0 Å². The molecule has 0 spiro atoms. The van der Waals surface area contributed by atoms with Crippen molar-refractivity contribution in [3.63, 3.8) is 0 Å². The Morgan fingerprint density at radius 1 is 1.38 bits per heavy atom. The first kappa shape index (κ1) is 8.62. The third-order valence-corrected chi connectivity index (χ3v) is 2.88. The number of urea groups is 1. The third-order valence-electron chi connectivity index (χ3n) is 2.52. The van der Waals surface area contributed by atoms with Crippen LogP contribution in [-0.2, 0) is 4.79 Å². The van der Waals surface area contributed by atoms with Crippen LogP contribution in [0.1, 0.15) is 19.3 Å². The molecule has 1 heterocycles. The molecule has 0 aromatic rings. The second-order valence-corrected chi connectivity index (χ2v) is 3.85. The Kier molecular flexibility index (Phi) is 2.03. The zero-order valence-electron chi connectivity index (χ0n) is 7.00. The molecule has 1 aliphatic carbocycles. The topological polar surface area (TPSA) is 58.2 Å². The first-order chi connectivity index (χ1) is 6.18. The number of ketones is 1. The Balaban J connectivity index is 2.22. The molecule has 0 bridgehead atoms. The fraction of sp³-hybridized carbons (Fsp3) is 0.625. The van der Waals surface area contributed by atoms with Crippen molar-refractivity contribution in [2.75, 3.05) is 0 Å². The van der Waals surface area contributed by atoms with Crippen LogP contribution in [0.4, 0.5) is 4.79 Å². The van der Waals surface area contributed by atoms with Gasteiger partial charge in [-0.15, -0.1) is 0 Å². The van der Waals surface area contributed by atoms with Crippen LogP contribution in [0.15, 0.2) is 0 Å². The van der Waals surface area contributed by atoms with Gasteiger partial charge in [-0.1, -0.05) is 12.2 Å². The van der Waals surface area contributed by atoms with E-state index in [2.05, 4.69) is 10.6 Å². The predicted octanol–water partition coefficient (Wildman–Crippen LogP) is 0.364. The maximum Gasteiger partial charge on any atom is 0.319 e. The smallest absolute Gasteiger partial charge is 0.319 e. The lowest BCUT2D eigenvalue weighted by atomic mass is 9.82. The summed E-state index contributed by atoms with van der Waals surface area (Å²) in [6, 6.07) is -0.344. The van der Waals surface area contributed by atoms with Gasteiger partial charge in [-0.25, -0.2) is 4.79 Å². The van der Waals surface area contributed by atoms with Crippen molar-refractivity contribution in [2.24, 2.45) is 5.92 Å². The number of fused-ring (bicyclic) bond motifs is 1. The van der Waals surface area contributed by atoms with Gasteiger partial charge in [0.25, 0.3) is 0 Å². The normalized spacial score (nSPS) is 33.4. The fourth-order valence-electron chi connectivity index (χ4n) is 1.92. The lowest BCUT2D eigenvalue weighted by Gasteiger charge is -2.35. The standard InChI is InChI=1S/C8H10N2O2S/c11-5-3-1-2-4-6(5)7(13)10-8(12)9-4/h4,6H,1-3H2,(H2,9,10,12,13). The molecule has 4 nitrogen and oxygen atoms in total. The molecule has 1 aliphatic heterocycles. The molecular formula is C8H10N2O2S. The molecule has 2 unspecified atom stereocenters. The number of amides is 2. The summed E-state index contributed by atoms with van der Waals surface area (Å²) in [5.74, 6) is -0.129. The third kappa shape index (κ3) is 1.44. The summed E-state index contributed by atoms with van der Waals surface area (Å²) in [6.45, 7) is 0. The number of nitrogens with one attached hydrogen (secondary N) is 2. The van der Waals surface area contributed by atoms with Crippen molar-refractivity contribution < 1.29 is 9.59 Å². The SMILES string of the molecule is O=C1NC(=S)C2C(=O)CCCC2N1. The molecule has 2 rings (SSSR count). The number of Topliss-reactive ketones (excluding diaryl/α,β-unsaturated/α-hetero) is 1. The molecule has 5 heteroatoms. The molecule has 2 fully saturated rings. The fourth-order valence-corrected chi connectivity index (χ4v) is 2.31. The van der Waals surface area contributed by atoms with Gasteiger partial charge in [0.2, 0.25) is 0 Å². The van der Waals surface area contributed by atoms with E-state index in [0.717, 1.165) is 12.8 Å².